The van der Waals surface area contributed by atoms with Gasteiger partial charge in [-0.3, -0.25) is 4.79 Å². The number of fused-ring (bicyclic) bond motifs is 1. The van der Waals surface area contributed by atoms with Crippen molar-refractivity contribution >= 4 is 23.1 Å². The van der Waals surface area contributed by atoms with E-state index < -0.39 is 0 Å². The van der Waals surface area contributed by atoms with Crippen LogP contribution in [-0.2, 0) is 11.3 Å². The Morgan fingerprint density at radius 2 is 2.04 bits per heavy atom. The molecule has 0 unspecified atom stereocenters. The standard InChI is InChI=1S/C16H18N4O4S/c21-16(15-14-12(9-25-15)23-5-6-24-14)17-8-11-7-13(19-10-18-11)20-1-3-22-4-2-20/h7,9-10H,1-6,8H2,(H,17,21). The second-order valence-electron chi connectivity index (χ2n) is 5.60. The van der Waals surface area contributed by atoms with Crippen LogP contribution < -0.4 is 19.7 Å². The second-order valence-corrected chi connectivity index (χ2v) is 6.48. The molecule has 8 nitrogen and oxygen atoms in total. The van der Waals surface area contributed by atoms with Crippen molar-refractivity contribution in [3.05, 3.63) is 28.3 Å². The molecule has 2 aromatic heterocycles. The molecule has 0 radical (unpaired) electrons. The average Bonchev–Trinajstić information content (AvgIpc) is 3.11. The summed E-state index contributed by atoms with van der Waals surface area (Å²) in [6.07, 6.45) is 1.52. The number of hydrogen-bond acceptors (Lipinski definition) is 8. The third-order valence-electron chi connectivity index (χ3n) is 3.98. The van der Waals surface area contributed by atoms with Gasteiger partial charge in [0.05, 0.1) is 25.5 Å². The number of nitrogens with zero attached hydrogens (tertiary/aromatic N) is 3. The van der Waals surface area contributed by atoms with Gasteiger partial charge in [-0.25, -0.2) is 9.97 Å². The Hall–Kier alpha value is -2.39. The Labute approximate surface area is 148 Å². The van der Waals surface area contributed by atoms with E-state index in [-0.39, 0.29) is 5.91 Å². The Morgan fingerprint density at radius 3 is 2.92 bits per heavy atom. The minimum atomic E-state index is -0.191. The van der Waals surface area contributed by atoms with Gasteiger partial charge in [-0.2, -0.15) is 0 Å². The van der Waals surface area contributed by atoms with Crippen molar-refractivity contribution in [2.24, 2.45) is 0 Å². The molecule has 0 spiro atoms. The number of amides is 1. The van der Waals surface area contributed by atoms with E-state index in [1.807, 2.05) is 6.07 Å². The molecule has 4 heterocycles. The van der Waals surface area contributed by atoms with Gasteiger partial charge in [0.15, 0.2) is 11.5 Å². The highest BCUT2D eigenvalue weighted by atomic mass is 32.1. The van der Waals surface area contributed by atoms with Crippen molar-refractivity contribution in [2.75, 3.05) is 44.4 Å². The summed E-state index contributed by atoms with van der Waals surface area (Å²) in [5, 5.41) is 4.68. The van der Waals surface area contributed by atoms with Gasteiger partial charge in [0.1, 0.15) is 30.2 Å². The number of nitrogens with one attached hydrogen (secondary N) is 1. The molecule has 1 amide bonds. The number of hydrogen-bond donors (Lipinski definition) is 1. The largest absolute Gasteiger partial charge is 0.485 e. The van der Waals surface area contributed by atoms with E-state index in [0.717, 1.165) is 24.6 Å². The van der Waals surface area contributed by atoms with Crippen LogP contribution in [-0.4, -0.2) is 55.4 Å². The minimum absolute atomic E-state index is 0.191. The number of morpholine rings is 1. The molecule has 4 rings (SSSR count). The Bertz CT molecular complexity index is 760. The highest BCUT2D eigenvalue weighted by molar-refractivity contribution is 7.12. The van der Waals surface area contributed by atoms with Gasteiger partial charge in [0.25, 0.3) is 5.91 Å². The number of carbonyl (C=O) groups excluding carboxylic acids is 1. The average molecular weight is 362 g/mol. The minimum Gasteiger partial charge on any atom is -0.485 e. The second kappa shape index (κ2) is 7.24. The lowest BCUT2D eigenvalue weighted by Crippen LogP contribution is -2.37. The quantitative estimate of drug-likeness (QED) is 0.871. The van der Waals surface area contributed by atoms with Crippen molar-refractivity contribution in [1.29, 1.82) is 0 Å². The van der Waals surface area contributed by atoms with E-state index in [9.17, 15) is 4.79 Å². The predicted octanol–water partition coefficient (Wildman–Crippen LogP) is 1.08. The molecule has 2 aromatic rings. The van der Waals surface area contributed by atoms with Crippen LogP contribution in [0, 0.1) is 0 Å². The molecule has 0 aliphatic carbocycles. The van der Waals surface area contributed by atoms with Crippen molar-refractivity contribution in [2.45, 2.75) is 6.54 Å². The monoisotopic (exact) mass is 362 g/mol. The molecule has 2 aliphatic rings. The van der Waals surface area contributed by atoms with Gasteiger partial charge < -0.3 is 24.4 Å². The molecule has 2 aliphatic heterocycles. The molecule has 1 N–H and O–H groups in total. The number of rotatable bonds is 4. The number of ether oxygens (including phenoxy) is 3. The van der Waals surface area contributed by atoms with Crippen LogP contribution in [0.25, 0.3) is 0 Å². The highest BCUT2D eigenvalue weighted by Crippen LogP contribution is 2.39. The van der Waals surface area contributed by atoms with Crippen LogP contribution in [0.1, 0.15) is 15.4 Å². The van der Waals surface area contributed by atoms with Gasteiger partial charge in [-0.15, -0.1) is 11.3 Å². The molecular formula is C16H18N4O4S. The first-order valence-corrected chi connectivity index (χ1v) is 8.98. The number of anilines is 1. The van der Waals surface area contributed by atoms with Gasteiger partial charge in [0.2, 0.25) is 0 Å². The molecule has 9 heteroatoms. The third-order valence-corrected chi connectivity index (χ3v) is 4.92. The van der Waals surface area contributed by atoms with Crippen LogP contribution in [0.2, 0.25) is 0 Å². The summed E-state index contributed by atoms with van der Waals surface area (Å²) in [6.45, 7) is 4.30. The summed E-state index contributed by atoms with van der Waals surface area (Å²) in [5.74, 6) is 1.83. The van der Waals surface area contributed by atoms with Crippen LogP contribution in [0.4, 0.5) is 5.82 Å². The van der Waals surface area contributed by atoms with Gasteiger partial charge >= 0.3 is 0 Å². The lowest BCUT2D eigenvalue weighted by atomic mass is 10.3. The Balaban J connectivity index is 1.41. The fraction of sp³-hybridized carbons (Fsp3) is 0.438. The number of carbonyl (C=O) groups is 1. The normalized spacial score (nSPS) is 16.6. The van der Waals surface area contributed by atoms with Crippen molar-refractivity contribution in [1.82, 2.24) is 15.3 Å². The first kappa shape index (κ1) is 16.1. The van der Waals surface area contributed by atoms with Crippen LogP contribution >= 0.6 is 11.3 Å². The molecule has 132 valence electrons. The Kier molecular flexibility index (Phi) is 4.66. The van der Waals surface area contributed by atoms with Crippen LogP contribution in [0.15, 0.2) is 17.8 Å². The Morgan fingerprint density at radius 1 is 1.20 bits per heavy atom. The first-order valence-electron chi connectivity index (χ1n) is 8.10. The maximum atomic E-state index is 12.4. The zero-order valence-electron chi connectivity index (χ0n) is 13.6. The third kappa shape index (κ3) is 3.52. The van der Waals surface area contributed by atoms with E-state index >= 15 is 0 Å². The SMILES string of the molecule is O=C(NCc1cc(N2CCOCC2)ncn1)c1scc2c1OCCO2. The maximum absolute atomic E-state index is 12.4. The summed E-state index contributed by atoms with van der Waals surface area (Å²) < 4.78 is 16.4. The molecular weight excluding hydrogens is 344 g/mol. The van der Waals surface area contributed by atoms with E-state index in [4.69, 9.17) is 14.2 Å². The van der Waals surface area contributed by atoms with Gasteiger partial charge in [-0.1, -0.05) is 0 Å². The molecule has 1 saturated heterocycles. The molecule has 1 fully saturated rings. The molecule has 0 atom stereocenters. The zero-order valence-corrected chi connectivity index (χ0v) is 14.4. The van der Waals surface area contributed by atoms with Crippen LogP contribution in [0.3, 0.4) is 0 Å². The molecule has 0 aromatic carbocycles. The number of aromatic nitrogens is 2. The predicted molar refractivity (Wildman–Crippen MR) is 91.5 cm³/mol. The lowest BCUT2D eigenvalue weighted by molar-refractivity contribution is 0.0945. The summed E-state index contributed by atoms with van der Waals surface area (Å²) >= 11 is 1.32. The van der Waals surface area contributed by atoms with Gasteiger partial charge in [0, 0.05) is 24.5 Å². The summed E-state index contributed by atoms with van der Waals surface area (Å²) in [6, 6.07) is 1.90. The van der Waals surface area contributed by atoms with Crippen molar-refractivity contribution in [3.63, 3.8) is 0 Å². The zero-order chi connectivity index (χ0) is 17.1. The molecule has 0 bridgehead atoms. The molecule has 25 heavy (non-hydrogen) atoms. The highest BCUT2D eigenvalue weighted by Gasteiger charge is 2.23. The fourth-order valence-electron chi connectivity index (χ4n) is 2.72. The summed E-state index contributed by atoms with van der Waals surface area (Å²) in [5.41, 5.74) is 0.757. The first-order chi connectivity index (χ1) is 12.3. The lowest BCUT2D eigenvalue weighted by Gasteiger charge is -2.27. The summed E-state index contributed by atoms with van der Waals surface area (Å²) in [7, 11) is 0. The number of thiophene rings is 1. The topological polar surface area (TPSA) is 85.8 Å². The van der Waals surface area contributed by atoms with E-state index in [1.165, 1.54) is 17.7 Å². The maximum Gasteiger partial charge on any atom is 0.265 e. The van der Waals surface area contributed by atoms with Gasteiger partial charge in [-0.05, 0) is 0 Å². The van der Waals surface area contributed by atoms with Crippen LogP contribution in [0.5, 0.6) is 11.5 Å². The van der Waals surface area contributed by atoms with Crippen molar-refractivity contribution in [3.8, 4) is 11.5 Å². The fourth-order valence-corrected chi connectivity index (χ4v) is 3.56. The van der Waals surface area contributed by atoms with E-state index in [0.29, 0.717) is 49.3 Å². The van der Waals surface area contributed by atoms with Crippen molar-refractivity contribution < 1.29 is 19.0 Å². The van der Waals surface area contributed by atoms with E-state index in [1.54, 1.807) is 5.38 Å². The smallest absolute Gasteiger partial charge is 0.265 e. The molecule has 0 saturated carbocycles. The van der Waals surface area contributed by atoms with E-state index in [2.05, 4.69) is 20.2 Å². The summed E-state index contributed by atoms with van der Waals surface area (Å²) in [4.78, 5) is 23.7.